The smallest absolute Gasteiger partial charge is 0.349 e. The van der Waals surface area contributed by atoms with Gasteiger partial charge < -0.3 is 19.1 Å². The first-order valence-electron chi connectivity index (χ1n) is 8.94. The lowest BCUT2D eigenvalue weighted by Gasteiger charge is -2.12. The molecule has 2 heterocycles. The van der Waals surface area contributed by atoms with Crippen molar-refractivity contribution in [1.29, 1.82) is 5.26 Å². The van der Waals surface area contributed by atoms with Gasteiger partial charge in [0.1, 0.15) is 17.9 Å². The fraction of sp³-hybridized carbons (Fsp3) is 0.143. The zero-order valence-corrected chi connectivity index (χ0v) is 18.0. The number of amides is 1. The van der Waals surface area contributed by atoms with E-state index < -0.39 is 18.5 Å². The Morgan fingerprint density at radius 1 is 1.32 bits per heavy atom. The largest absolute Gasteiger partial charge is 0.451 e. The van der Waals surface area contributed by atoms with Gasteiger partial charge in [0.15, 0.2) is 12.4 Å². The van der Waals surface area contributed by atoms with Gasteiger partial charge in [-0.05, 0) is 43.7 Å². The lowest BCUT2D eigenvalue weighted by atomic mass is 10.1. The molecule has 158 valence electrons. The number of carbonyl (C=O) groups excluding carboxylic acids is 2. The van der Waals surface area contributed by atoms with Crippen molar-refractivity contribution in [3.05, 3.63) is 69.2 Å². The summed E-state index contributed by atoms with van der Waals surface area (Å²) in [6.45, 7) is 3.10. The molecule has 0 atom stereocenters. The molecule has 1 amide bonds. The number of anilines is 1. The first kappa shape index (κ1) is 22.2. The van der Waals surface area contributed by atoms with Crippen LogP contribution in [0.3, 0.4) is 0 Å². The molecule has 3 aromatic rings. The third kappa shape index (κ3) is 4.97. The molecule has 2 aromatic heterocycles. The average molecular weight is 459 g/mol. The minimum atomic E-state index is -0.927. The van der Waals surface area contributed by atoms with Gasteiger partial charge in [-0.1, -0.05) is 34.4 Å². The lowest BCUT2D eigenvalue weighted by molar-refractivity contribution is -0.142. The highest BCUT2D eigenvalue weighted by molar-refractivity contribution is 6.43. The number of esters is 1. The van der Waals surface area contributed by atoms with Crippen LogP contribution in [0.4, 0.5) is 5.82 Å². The Balaban J connectivity index is 1.79. The van der Waals surface area contributed by atoms with E-state index in [1.165, 1.54) is 18.4 Å². The lowest BCUT2D eigenvalue weighted by Crippen LogP contribution is -2.21. The fourth-order valence-electron chi connectivity index (χ4n) is 2.93. The summed E-state index contributed by atoms with van der Waals surface area (Å²) in [4.78, 5) is 24.1. The van der Waals surface area contributed by atoms with Crippen molar-refractivity contribution in [2.75, 3.05) is 11.9 Å². The SMILES string of the molecule is Cc1cc(/C=C(\C#N)C(=O)OCC(=O)Nc2ccon2)c(C)n1-c1cccc(Cl)c1Cl. The summed E-state index contributed by atoms with van der Waals surface area (Å²) in [5, 5.41) is 16.1. The third-order valence-corrected chi connectivity index (χ3v) is 5.13. The van der Waals surface area contributed by atoms with Crippen molar-refractivity contribution in [1.82, 2.24) is 9.72 Å². The van der Waals surface area contributed by atoms with Gasteiger partial charge in [0, 0.05) is 17.5 Å². The van der Waals surface area contributed by atoms with Crippen LogP contribution in [-0.2, 0) is 14.3 Å². The molecule has 3 rings (SSSR count). The van der Waals surface area contributed by atoms with Gasteiger partial charge >= 0.3 is 5.97 Å². The second-order valence-corrected chi connectivity index (χ2v) is 7.20. The number of aromatic nitrogens is 2. The summed E-state index contributed by atoms with van der Waals surface area (Å²) in [7, 11) is 0. The Morgan fingerprint density at radius 2 is 2.10 bits per heavy atom. The summed E-state index contributed by atoms with van der Waals surface area (Å²) in [6.07, 6.45) is 2.68. The number of nitrogens with one attached hydrogen (secondary N) is 1. The molecule has 0 bridgehead atoms. The topological polar surface area (TPSA) is 110 Å². The number of hydrogen-bond acceptors (Lipinski definition) is 6. The van der Waals surface area contributed by atoms with Crippen LogP contribution < -0.4 is 5.32 Å². The monoisotopic (exact) mass is 458 g/mol. The molecule has 0 unspecified atom stereocenters. The summed E-state index contributed by atoms with van der Waals surface area (Å²) in [5.41, 5.74) is 2.60. The second-order valence-electron chi connectivity index (χ2n) is 6.41. The highest BCUT2D eigenvalue weighted by Gasteiger charge is 2.17. The number of halogens is 2. The number of benzene rings is 1. The summed E-state index contributed by atoms with van der Waals surface area (Å²) < 4.78 is 11.4. The van der Waals surface area contributed by atoms with Gasteiger partial charge in [-0.15, -0.1) is 0 Å². The van der Waals surface area contributed by atoms with E-state index in [1.54, 1.807) is 24.3 Å². The maximum atomic E-state index is 12.3. The molecule has 1 aromatic carbocycles. The van der Waals surface area contributed by atoms with Crippen LogP contribution in [-0.4, -0.2) is 28.2 Å². The van der Waals surface area contributed by atoms with Gasteiger partial charge in [-0.3, -0.25) is 4.79 Å². The minimum Gasteiger partial charge on any atom is -0.451 e. The van der Waals surface area contributed by atoms with Gasteiger partial charge in [-0.2, -0.15) is 5.26 Å². The molecular weight excluding hydrogens is 443 g/mol. The first-order valence-corrected chi connectivity index (χ1v) is 9.70. The maximum absolute atomic E-state index is 12.3. The molecule has 0 radical (unpaired) electrons. The van der Waals surface area contributed by atoms with Crippen molar-refractivity contribution >= 4 is 47.0 Å². The van der Waals surface area contributed by atoms with E-state index in [4.69, 9.17) is 27.9 Å². The van der Waals surface area contributed by atoms with E-state index in [0.29, 0.717) is 21.3 Å². The highest BCUT2D eigenvalue weighted by atomic mass is 35.5. The van der Waals surface area contributed by atoms with E-state index in [9.17, 15) is 14.9 Å². The van der Waals surface area contributed by atoms with Crippen LogP contribution in [0.2, 0.25) is 10.0 Å². The van der Waals surface area contributed by atoms with Crippen LogP contribution >= 0.6 is 23.2 Å². The van der Waals surface area contributed by atoms with Gasteiger partial charge in [-0.25, -0.2) is 4.79 Å². The van der Waals surface area contributed by atoms with Crippen LogP contribution in [0.1, 0.15) is 17.0 Å². The molecule has 0 aliphatic rings. The molecule has 0 spiro atoms. The molecule has 10 heteroatoms. The zero-order valence-electron chi connectivity index (χ0n) is 16.5. The van der Waals surface area contributed by atoms with Gasteiger partial charge in [0.05, 0.1) is 15.7 Å². The number of carbonyl (C=O) groups is 2. The number of nitriles is 1. The average Bonchev–Trinajstić information content (AvgIpc) is 3.34. The number of nitrogens with zero attached hydrogens (tertiary/aromatic N) is 3. The van der Waals surface area contributed by atoms with Crippen molar-refractivity contribution in [3.8, 4) is 11.8 Å². The van der Waals surface area contributed by atoms with Gasteiger partial charge in [0.2, 0.25) is 0 Å². The van der Waals surface area contributed by atoms with E-state index in [0.717, 1.165) is 11.4 Å². The number of rotatable bonds is 6. The van der Waals surface area contributed by atoms with Crippen LogP contribution in [0.5, 0.6) is 0 Å². The predicted molar refractivity (Wildman–Crippen MR) is 115 cm³/mol. The minimum absolute atomic E-state index is 0.184. The normalized spacial score (nSPS) is 11.1. The predicted octanol–water partition coefficient (Wildman–Crippen LogP) is 4.48. The highest BCUT2D eigenvalue weighted by Crippen LogP contribution is 2.32. The van der Waals surface area contributed by atoms with Crippen LogP contribution in [0.25, 0.3) is 11.8 Å². The Labute approximate surface area is 187 Å². The molecule has 0 aliphatic carbocycles. The van der Waals surface area contributed by atoms with Crippen molar-refractivity contribution < 1.29 is 18.8 Å². The molecule has 1 N–H and O–H groups in total. The number of aryl methyl sites for hydroxylation is 1. The van der Waals surface area contributed by atoms with Crippen molar-refractivity contribution in [2.24, 2.45) is 0 Å². The second kappa shape index (κ2) is 9.51. The number of hydrogen-bond donors (Lipinski definition) is 1. The summed E-state index contributed by atoms with van der Waals surface area (Å²) in [6, 6.07) is 10.3. The molecular formula is C21H16Cl2N4O4. The molecule has 8 nitrogen and oxygen atoms in total. The fourth-order valence-corrected chi connectivity index (χ4v) is 3.31. The van der Waals surface area contributed by atoms with E-state index in [1.807, 2.05) is 24.5 Å². The molecule has 0 saturated heterocycles. The molecule has 0 saturated carbocycles. The third-order valence-electron chi connectivity index (χ3n) is 4.32. The summed E-state index contributed by atoms with van der Waals surface area (Å²) in [5.74, 6) is -1.36. The van der Waals surface area contributed by atoms with Gasteiger partial charge in [0.25, 0.3) is 5.91 Å². The maximum Gasteiger partial charge on any atom is 0.349 e. The Hall–Kier alpha value is -3.54. The van der Waals surface area contributed by atoms with Crippen LogP contribution in [0, 0.1) is 25.2 Å². The standard InChI is InChI=1S/C21H16Cl2N4O4/c1-12-8-14(13(2)27(12)17-5-3-4-16(22)20(17)23)9-15(10-24)21(29)30-11-19(28)25-18-6-7-31-26-18/h3-9H,11H2,1-2H3,(H,25,26,28)/b15-9+. The summed E-state index contributed by atoms with van der Waals surface area (Å²) >= 11 is 12.5. The Kier molecular flexibility index (Phi) is 6.80. The zero-order chi connectivity index (χ0) is 22.5. The van der Waals surface area contributed by atoms with E-state index in [2.05, 4.69) is 15.0 Å². The van der Waals surface area contributed by atoms with Crippen molar-refractivity contribution in [3.63, 3.8) is 0 Å². The van der Waals surface area contributed by atoms with E-state index in [-0.39, 0.29) is 11.4 Å². The number of ether oxygens (including phenoxy) is 1. The van der Waals surface area contributed by atoms with E-state index >= 15 is 0 Å². The molecule has 0 aliphatic heterocycles. The first-order chi connectivity index (χ1) is 14.8. The van der Waals surface area contributed by atoms with Crippen LogP contribution in [0.15, 0.2) is 46.7 Å². The Bertz CT molecular complexity index is 1210. The van der Waals surface area contributed by atoms with Crippen molar-refractivity contribution in [2.45, 2.75) is 13.8 Å². The molecule has 31 heavy (non-hydrogen) atoms. The molecule has 0 fully saturated rings. The Morgan fingerprint density at radius 3 is 2.77 bits per heavy atom. The quantitative estimate of drug-likeness (QED) is 0.331.